The van der Waals surface area contributed by atoms with E-state index >= 15 is 0 Å². The Morgan fingerprint density at radius 1 is 0.941 bits per heavy atom. The number of rotatable bonds is 8. The molecule has 3 aromatic rings. The molecule has 5 heteroatoms. The van der Waals surface area contributed by atoms with E-state index in [1.54, 1.807) is 18.3 Å². The minimum Gasteiger partial charge on any atom is -0.331 e. The summed E-state index contributed by atoms with van der Waals surface area (Å²) in [6.07, 6.45) is 6.78. The van der Waals surface area contributed by atoms with Crippen LogP contribution in [-0.4, -0.2) is 45.9 Å². The van der Waals surface area contributed by atoms with Gasteiger partial charge in [0.2, 0.25) is 0 Å². The normalized spacial score (nSPS) is 17.9. The quantitative estimate of drug-likeness (QED) is 0.458. The SMILES string of the molecule is O=C(c1ccccn1)N(C1CC1)C(Cc1ccccc1)C1CCN(Cc2cccc(F)c2)CC1. The van der Waals surface area contributed by atoms with E-state index in [2.05, 4.69) is 39.0 Å². The predicted molar refractivity (Wildman–Crippen MR) is 132 cm³/mol. The van der Waals surface area contributed by atoms with Gasteiger partial charge < -0.3 is 4.90 Å². The molecule has 1 aliphatic carbocycles. The van der Waals surface area contributed by atoms with E-state index in [-0.39, 0.29) is 17.8 Å². The monoisotopic (exact) mass is 457 g/mol. The van der Waals surface area contributed by atoms with Gasteiger partial charge in [0.25, 0.3) is 5.91 Å². The van der Waals surface area contributed by atoms with Crippen molar-refractivity contribution in [3.05, 3.63) is 102 Å². The van der Waals surface area contributed by atoms with Gasteiger partial charge in [-0.05, 0) is 86.5 Å². The van der Waals surface area contributed by atoms with E-state index in [0.29, 0.717) is 17.7 Å². The molecule has 1 amide bonds. The molecule has 5 rings (SSSR count). The highest BCUT2D eigenvalue weighted by atomic mass is 19.1. The van der Waals surface area contributed by atoms with Gasteiger partial charge in [0.05, 0.1) is 0 Å². The largest absolute Gasteiger partial charge is 0.331 e. The summed E-state index contributed by atoms with van der Waals surface area (Å²) >= 11 is 0. The second-order valence-corrected chi connectivity index (χ2v) is 9.66. The second-order valence-electron chi connectivity index (χ2n) is 9.66. The van der Waals surface area contributed by atoms with E-state index in [0.717, 1.165) is 57.3 Å². The number of hydrogen-bond acceptors (Lipinski definition) is 3. The summed E-state index contributed by atoms with van der Waals surface area (Å²) in [6, 6.07) is 23.5. The molecule has 4 nitrogen and oxygen atoms in total. The zero-order chi connectivity index (χ0) is 23.3. The highest BCUT2D eigenvalue weighted by Crippen LogP contribution is 2.36. The van der Waals surface area contributed by atoms with Gasteiger partial charge in [0, 0.05) is 24.8 Å². The number of benzene rings is 2. The third kappa shape index (κ3) is 5.53. The van der Waals surface area contributed by atoms with Crippen molar-refractivity contribution in [2.24, 2.45) is 5.92 Å². The molecule has 0 N–H and O–H groups in total. The van der Waals surface area contributed by atoms with Gasteiger partial charge in [0.1, 0.15) is 11.5 Å². The fourth-order valence-electron chi connectivity index (χ4n) is 5.30. The molecule has 1 aliphatic heterocycles. The Bertz CT molecular complexity index is 1080. The lowest BCUT2D eigenvalue weighted by Gasteiger charge is -2.42. The summed E-state index contributed by atoms with van der Waals surface area (Å²) in [7, 11) is 0. The van der Waals surface area contributed by atoms with Crippen LogP contribution < -0.4 is 0 Å². The number of halogens is 1. The van der Waals surface area contributed by atoms with Crippen LogP contribution in [-0.2, 0) is 13.0 Å². The number of hydrogen-bond donors (Lipinski definition) is 0. The van der Waals surface area contributed by atoms with E-state index in [1.807, 2.05) is 30.3 Å². The number of nitrogens with zero attached hydrogens (tertiary/aromatic N) is 3. The first-order valence-corrected chi connectivity index (χ1v) is 12.4. The predicted octanol–water partition coefficient (Wildman–Crippen LogP) is 5.35. The van der Waals surface area contributed by atoms with Gasteiger partial charge in [-0.15, -0.1) is 0 Å². The summed E-state index contributed by atoms with van der Waals surface area (Å²) in [5.41, 5.74) is 2.83. The third-order valence-electron chi connectivity index (χ3n) is 7.18. The Labute approximate surface area is 201 Å². The molecule has 2 aromatic carbocycles. The van der Waals surface area contributed by atoms with Gasteiger partial charge in [-0.3, -0.25) is 14.7 Å². The summed E-state index contributed by atoms with van der Waals surface area (Å²) < 4.78 is 13.6. The van der Waals surface area contributed by atoms with Gasteiger partial charge >= 0.3 is 0 Å². The molecule has 0 radical (unpaired) electrons. The van der Waals surface area contributed by atoms with Crippen LogP contribution in [0.2, 0.25) is 0 Å². The maximum absolute atomic E-state index is 13.7. The molecule has 34 heavy (non-hydrogen) atoms. The Morgan fingerprint density at radius 3 is 2.35 bits per heavy atom. The average Bonchev–Trinajstić information content (AvgIpc) is 3.71. The van der Waals surface area contributed by atoms with E-state index < -0.39 is 0 Å². The van der Waals surface area contributed by atoms with E-state index in [9.17, 15) is 9.18 Å². The Kier molecular flexibility index (Phi) is 7.00. The van der Waals surface area contributed by atoms with Crippen LogP contribution in [0.3, 0.4) is 0 Å². The topological polar surface area (TPSA) is 36.4 Å². The zero-order valence-corrected chi connectivity index (χ0v) is 19.5. The summed E-state index contributed by atoms with van der Waals surface area (Å²) in [5, 5.41) is 0. The van der Waals surface area contributed by atoms with E-state index in [1.165, 1.54) is 11.6 Å². The molecule has 2 heterocycles. The highest BCUT2D eigenvalue weighted by Gasteiger charge is 2.42. The molecule has 2 aliphatic rings. The van der Waals surface area contributed by atoms with Crippen LogP contribution in [0.5, 0.6) is 0 Å². The molecule has 0 spiro atoms. The fourth-order valence-corrected chi connectivity index (χ4v) is 5.30. The number of piperidine rings is 1. The first-order valence-electron chi connectivity index (χ1n) is 12.4. The lowest BCUT2D eigenvalue weighted by Crippen LogP contribution is -2.50. The van der Waals surface area contributed by atoms with Crippen LogP contribution in [0.1, 0.15) is 47.3 Å². The van der Waals surface area contributed by atoms with Gasteiger partial charge in [0.15, 0.2) is 0 Å². The number of aromatic nitrogens is 1. The first-order chi connectivity index (χ1) is 16.7. The highest BCUT2D eigenvalue weighted by molar-refractivity contribution is 5.93. The number of pyridine rings is 1. The van der Waals surface area contributed by atoms with Crippen molar-refractivity contribution >= 4 is 5.91 Å². The molecular weight excluding hydrogens is 425 g/mol. The zero-order valence-electron chi connectivity index (χ0n) is 19.5. The molecule has 0 bridgehead atoms. The maximum Gasteiger partial charge on any atom is 0.272 e. The summed E-state index contributed by atoms with van der Waals surface area (Å²) in [5.74, 6) is 0.312. The lowest BCUT2D eigenvalue weighted by molar-refractivity contribution is 0.0477. The van der Waals surface area contributed by atoms with Crippen molar-refractivity contribution in [1.29, 1.82) is 0 Å². The minimum absolute atomic E-state index is 0.0613. The Balaban J connectivity index is 1.34. The van der Waals surface area contributed by atoms with Crippen LogP contribution in [0.4, 0.5) is 4.39 Å². The van der Waals surface area contributed by atoms with Crippen molar-refractivity contribution in [2.45, 2.75) is 50.7 Å². The maximum atomic E-state index is 13.7. The number of carbonyl (C=O) groups is 1. The van der Waals surface area contributed by atoms with Crippen LogP contribution in [0, 0.1) is 11.7 Å². The van der Waals surface area contributed by atoms with Crippen molar-refractivity contribution in [3.63, 3.8) is 0 Å². The first kappa shape index (κ1) is 22.7. The lowest BCUT2D eigenvalue weighted by atomic mass is 9.84. The average molecular weight is 458 g/mol. The fraction of sp³-hybridized carbons (Fsp3) is 0.379. The molecule has 1 aromatic heterocycles. The van der Waals surface area contributed by atoms with Gasteiger partial charge in [-0.25, -0.2) is 4.39 Å². The second kappa shape index (κ2) is 10.5. The molecule has 1 saturated carbocycles. The molecular formula is C29H32FN3O. The van der Waals surface area contributed by atoms with Crippen molar-refractivity contribution < 1.29 is 9.18 Å². The number of likely N-dealkylation sites (tertiary alicyclic amines) is 1. The minimum atomic E-state index is -0.177. The smallest absolute Gasteiger partial charge is 0.272 e. The van der Waals surface area contributed by atoms with Crippen LogP contribution in [0.25, 0.3) is 0 Å². The molecule has 176 valence electrons. The Hall–Kier alpha value is -3.05. The van der Waals surface area contributed by atoms with Crippen LogP contribution in [0.15, 0.2) is 79.0 Å². The van der Waals surface area contributed by atoms with E-state index in [4.69, 9.17) is 0 Å². The Morgan fingerprint density at radius 2 is 1.68 bits per heavy atom. The number of carbonyl (C=O) groups excluding carboxylic acids is 1. The van der Waals surface area contributed by atoms with Gasteiger partial charge in [-0.2, -0.15) is 0 Å². The van der Waals surface area contributed by atoms with Crippen molar-refractivity contribution in [2.75, 3.05) is 13.1 Å². The standard InChI is InChI=1S/C29H32FN3O/c30-25-10-6-9-23(19-25)21-32-17-14-24(15-18-32)28(20-22-7-2-1-3-8-22)33(26-12-13-26)29(34)27-11-4-5-16-31-27/h1-11,16,19,24,26,28H,12-15,17-18,20-21H2. The van der Waals surface area contributed by atoms with Crippen molar-refractivity contribution in [3.8, 4) is 0 Å². The third-order valence-corrected chi connectivity index (χ3v) is 7.18. The molecule has 1 atom stereocenters. The molecule has 1 unspecified atom stereocenters. The van der Waals surface area contributed by atoms with Crippen LogP contribution >= 0.6 is 0 Å². The van der Waals surface area contributed by atoms with Crippen molar-refractivity contribution in [1.82, 2.24) is 14.8 Å². The number of amides is 1. The summed E-state index contributed by atoms with van der Waals surface area (Å²) in [6.45, 7) is 2.69. The van der Waals surface area contributed by atoms with Gasteiger partial charge in [-0.1, -0.05) is 48.5 Å². The molecule has 1 saturated heterocycles. The summed E-state index contributed by atoms with van der Waals surface area (Å²) in [4.78, 5) is 22.6. The molecule has 2 fully saturated rings.